The summed E-state index contributed by atoms with van der Waals surface area (Å²) in [5, 5.41) is 11.4. The minimum atomic E-state index is -1.03. The van der Waals surface area contributed by atoms with Crippen LogP contribution in [0.3, 0.4) is 0 Å². The van der Waals surface area contributed by atoms with E-state index in [2.05, 4.69) is 5.32 Å². The zero-order valence-corrected chi connectivity index (χ0v) is 16.0. The molecule has 124 valence electrons. The predicted molar refractivity (Wildman–Crippen MR) is 83.8 cm³/mol. The van der Waals surface area contributed by atoms with E-state index < -0.39 is 17.9 Å². The van der Waals surface area contributed by atoms with Crippen molar-refractivity contribution in [3.8, 4) is 0 Å². The van der Waals surface area contributed by atoms with Crippen LogP contribution in [0.5, 0.6) is 0 Å². The van der Waals surface area contributed by atoms with Gasteiger partial charge in [-0.2, -0.15) is 0 Å². The molecule has 0 heterocycles. The topological polar surface area (TPSA) is 102 Å². The Bertz CT molecular complexity index is 594. The molecule has 1 aromatic rings. The maximum absolute atomic E-state index is 11.9. The number of carboxylic acid groups (broad SMARTS) is 1. The molecule has 0 aromatic heterocycles. The number of hydrogen-bond donors (Lipinski definition) is 2. The number of carboxylic acids is 1. The van der Waals surface area contributed by atoms with Crippen LogP contribution in [-0.2, 0) is 23.9 Å². The molecule has 0 radical (unpaired) electrons. The second kappa shape index (κ2) is 11.7. The van der Waals surface area contributed by atoms with Crippen molar-refractivity contribution >= 4 is 29.7 Å². The summed E-state index contributed by atoms with van der Waals surface area (Å²) < 4.78 is 9.72. The zero-order chi connectivity index (χ0) is 17.2. The second-order valence-electron chi connectivity index (χ2n) is 4.33. The van der Waals surface area contributed by atoms with Crippen LogP contribution in [0.1, 0.15) is 19.4 Å². The first kappa shape index (κ1) is 22.2. The molecular weight excluding hydrogens is 325 g/mol. The molecule has 0 saturated carbocycles. The summed E-state index contributed by atoms with van der Waals surface area (Å²) >= 11 is 0. The van der Waals surface area contributed by atoms with Crippen LogP contribution in [0.4, 0.5) is 5.69 Å². The van der Waals surface area contributed by atoms with Gasteiger partial charge >= 0.3 is 47.5 Å². The van der Waals surface area contributed by atoms with Crippen LogP contribution in [-0.4, -0.2) is 42.8 Å². The van der Waals surface area contributed by atoms with Gasteiger partial charge < -0.3 is 19.9 Å². The number of ether oxygens (including phenoxy) is 2. The molecule has 1 rings (SSSR count). The van der Waals surface area contributed by atoms with Gasteiger partial charge in [0.2, 0.25) is 0 Å². The number of nitrogens with one attached hydrogen (secondary N) is 1. The number of hydrogen-bond acceptors (Lipinski definition) is 6. The summed E-state index contributed by atoms with van der Waals surface area (Å²) in [6.07, 6.45) is 1.32. The van der Waals surface area contributed by atoms with Crippen molar-refractivity contribution in [2.75, 3.05) is 25.1 Å². The van der Waals surface area contributed by atoms with Crippen LogP contribution in [0.15, 0.2) is 29.8 Å². The molecule has 0 aliphatic carbocycles. The molecular formula is C16H19NNaO6+. The summed E-state index contributed by atoms with van der Waals surface area (Å²) in [5.41, 5.74) is 0.698. The summed E-state index contributed by atoms with van der Waals surface area (Å²) in [5.74, 6) is -2.61. The van der Waals surface area contributed by atoms with Crippen LogP contribution < -0.4 is 34.9 Å². The third-order valence-corrected chi connectivity index (χ3v) is 2.68. The van der Waals surface area contributed by atoms with Gasteiger partial charge in [-0.15, -0.1) is 0 Å². The molecule has 2 N–H and O–H groups in total. The molecule has 0 saturated heterocycles. The molecule has 7 nitrogen and oxygen atoms in total. The van der Waals surface area contributed by atoms with Crippen LogP contribution >= 0.6 is 0 Å². The summed E-state index contributed by atoms with van der Waals surface area (Å²) in [4.78, 5) is 34.5. The van der Waals surface area contributed by atoms with E-state index in [9.17, 15) is 14.4 Å². The maximum atomic E-state index is 11.9. The van der Waals surface area contributed by atoms with E-state index >= 15 is 0 Å². The normalized spacial score (nSPS) is 9.25. The number of benzene rings is 1. The molecule has 0 aliphatic heterocycles. The van der Waals surface area contributed by atoms with E-state index in [4.69, 9.17) is 14.6 Å². The number of anilines is 1. The minimum absolute atomic E-state index is 0. The van der Waals surface area contributed by atoms with E-state index in [1.807, 2.05) is 0 Å². The van der Waals surface area contributed by atoms with Gasteiger partial charge in [0.15, 0.2) is 0 Å². The zero-order valence-electron chi connectivity index (χ0n) is 14.0. The number of carbonyl (C=O) groups excluding carboxylic acids is 2. The fourth-order valence-electron chi connectivity index (χ4n) is 1.73. The number of para-hydroxylation sites is 1. The predicted octanol–water partition coefficient (Wildman–Crippen LogP) is -1.30. The van der Waals surface area contributed by atoms with Gasteiger partial charge in [0.25, 0.3) is 0 Å². The minimum Gasteiger partial charge on any atom is -0.480 e. The third kappa shape index (κ3) is 7.16. The van der Waals surface area contributed by atoms with Gasteiger partial charge in [0.05, 0.1) is 13.2 Å². The molecule has 0 amide bonds. The summed E-state index contributed by atoms with van der Waals surface area (Å²) in [6, 6.07) is 6.69. The monoisotopic (exact) mass is 344 g/mol. The van der Waals surface area contributed by atoms with Crippen molar-refractivity contribution in [1.82, 2.24) is 0 Å². The van der Waals surface area contributed by atoms with Crippen LogP contribution in [0, 0.1) is 0 Å². The quantitative estimate of drug-likeness (QED) is 0.199. The Balaban J connectivity index is 0.00000529. The first-order chi connectivity index (χ1) is 11.0. The van der Waals surface area contributed by atoms with Gasteiger partial charge in [-0.3, -0.25) is 4.79 Å². The molecule has 0 bridgehead atoms. The number of aliphatic carboxylic acids is 1. The van der Waals surface area contributed by atoms with Crippen LogP contribution in [0.25, 0.3) is 6.08 Å². The van der Waals surface area contributed by atoms with Gasteiger partial charge in [-0.25, -0.2) is 9.59 Å². The third-order valence-electron chi connectivity index (χ3n) is 2.68. The Hall–Kier alpha value is -1.83. The Labute approximate surface area is 162 Å². The smallest absolute Gasteiger partial charge is 0.480 e. The molecule has 0 aliphatic rings. The van der Waals surface area contributed by atoms with Crippen molar-refractivity contribution in [3.63, 3.8) is 0 Å². The molecule has 8 heteroatoms. The molecule has 1 aromatic carbocycles. The average molecular weight is 344 g/mol. The fourth-order valence-corrected chi connectivity index (χ4v) is 1.73. The Kier molecular flexibility index (Phi) is 10.8. The van der Waals surface area contributed by atoms with Gasteiger partial charge in [0, 0.05) is 5.69 Å². The first-order valence-corrected chi connectivity index (χ1v) is 7.10. The number of rotatable bonds is 8. The van der Waals surface area contributed by atoms with E-state index in [-0.39, 0.29) is 54.9 Å². The van der Waals surface area contributed by atoms with Crippen molar-refractivity contribution in [3.05, 3.63) is 35.4 Å². The van der Waals surface area contributed by atoms with Crippen molar-refractivity contribution < 1.29 is 58.5 Å². The van der Waals surface area contributed by atoms with E-state index in [1.54, 1.807) is 38.1 Å². The van der Waals surface area contributed by atoms with E-state index in [0.717, 1.165) is 0 Å². The summed E-state index contributed by atoms with van der Waals surface area (Å²) in [6.45, 7) is 3.20. The average Bonchev–Trinajstić information content (AvgIpc) is 2.51. The SMILES string of the molecule is CCOC(=O)C(=Cc1ccccc1NCC(=O)O)C(=O)OCC.[Na+]. The Morgan fingerprint density at radius 3 is 2.12 bits per heavy atom. The van der Waals surface area contributed by atoms with Crippen molar-refractivity contribution in [2.24, 2.45) is 0 Å². The maximum Gasteiger partial charge on any atom is 1.00 e. The fraction of sp³-hybridized carbons (Fsp3) is 0.312. The Morgan fingerprint density at radius 1 is 1.08 bits per heavy atom. The van der Waals surface area contributed by atoms with Crippen molar-refractivity contribution in [2.45, 2.75) is 13.8 Å². The second-order valence-corrected chi connectivity index (χ2v) is 4.33. The van der Waals surface area contributed by atoms with Gasteiger partial charge in [-0.05, 0) is 31.6 Å². The largest absolute Gasteiger partial charge is 1.00 e. The van der Waals surface area contributed by atoms with Gasteiger partial charge in [-0.1, -0.05) is 18.2 Å². The number of esters is 2. The first-order valence-electron chi connectivity index (χ1n) is 7.10. The Morgan fingerprint density at radius 2 is 1.62 bits per heavy atom. The van der Waals surface area contributed by atoms with Crippen LogP contribution in [0.2, 0.25) is 0 Å². The molecule has 0 fully saturated rings. The number of carbonyl (C=O) groups is 3. The van der Waals surface area contributed by atoms with Crippen molar-refractivity contribution in [1.29, 1.82) is 0 Å². The molecule has 0 spiro atoms. The van der Waals surface area contributed by atoms with Gasteiger partial charge in [0.1, 0.15) is 12.1 Å². The molecule has 0 unspecified atom stereocenters. The molecule has 0 atom stereocenters. The van der Waals surface area contributed by atoms with E-state index in [1.165, 1.54) is 6.08 Å². The molecule has 24 heavy (non-hydrogen) atoms. The summed E-state index contributed by atoms with van der Waals surface area (Å²) in [7, 11) is 0. The standard InChI is InChI=1S/C16H19NO6.Na/c1-3-22-15(20)12(16(21)23-4-2)9-11-7-5-6-8-13(11)17-10-14(18)19;/h5-9,17H,3-4,10H2,1-2H3,(H,18,19);/q;+1. The van der Waals surface area contributed by atoms with E-state index in [0.29, 0.717) is 11.3 Å².